The third-order valence-corrected chi connectivity index (χ3v) is 11.8. The molecule has 0 spiro atoms. The Morgan fingerprint density at radius 2 is 1.11 bits per heavy atom. The van der Waals surface area contributed by atoms with Gasteiger partial charge in [0.15, 0.2) is 0 Å². The lowest BCUT2D eigenvalue weighted by atomic mass is 9.67. The number of halogens is 2. The first-order chi connectivity index (χ1) is 27.5. The lowest BCUT2D eigenvalue weighted by Gasteiger charge is -2.34. The summed E-state index contributed by atoms with van der Waals surface area (Å²) in [6.45, 7) is 2.23. The van der Waals surface area contributed by atoms with E-state index in [-0.39, 0.29) is 11.6 Å². The van der Waals surface area contributed by atoms with E-state index in [2.05, 4.69) is 96.8 Å². The van der Waals surface area contributed by atoms with Gasteiger partial charge in [0.2, 0.25) is 0 Å². The summed E-state index contributed by atoms with van der Waals surface area (Å²) in [5.74, 6) is -0.327. The maximum Gasteiger partial charge on any atom is 0.123 e. The number of aromatic nitrogens is 4. The number of pyridine rings is 4. The zero-order chi connectivity index (χ0) is 37.5. The van der Waals surface area contributed by atoms with E-state index in [1.54, 1.807) is 18.3 Å². The van der Waals surface area contributed by atoms with Crippen LogP contribution in [-0.2, 0) is 11.8 Å². The lowest BCUT2D eigenvalue weighted by molar-refractivity contribution is 0.616. The van der Waals surface area contributed by atoms with Crippen LogP contribution in [0.15, 0.2) is 158 Å². The van der Waals surface area contributed by atoms with Crippen LogP contribution in [0.5, 0.6) is 0 Å². The Bertz CT molecular complexity index is 3000. The van der Waals surface area contributed by atoms with Crippen LogP contribution in [-0.4, -0.2) is 19.9 Å². The normalized spacial score (nSPS) is 14.9. The van der Waals surface area contributed by atoms with E-state index in [1.165, 1.54) is 23.3 Å². The second-order valence-corrected chi connectivity index (χ2v) is 14.9. The van der Waals surface area contributed by atoms with Crippen LogP contribution in [0.3, 0.4) is 0 Å². The molecule has 1 unspecified atom stereocenters. The maximum atomic E-state index is 15.4. The SMILES string of the molecule is CC1Cc2ccc(-c3ccc(C4(c5ccc(-c6ccc7ccc8cccnc8c7n6)cc5)c5cc(F)ccc5-c5ccc(F)cc54)cc3)nc2-c2ncccc21. The van der Waals surface area contributed by atoms with E-state index in [0.29, 0.717) is 5.92 Å². The summed E-state index contributed by atoms with van der Waals surface area (Å²) < 4.78 is 30.8. The van der Waals surface area contributed by atoms with Crippen LogP contribution < -0.4 is 0 Å². The van der Waals surface area contributed by atoms with E-state index >= 15 is 8.78 Å². The Morgan fingerprint density at radius 1 is 0.536 bits per heavy atom. The second kappa shape index (κ2) is 12.3. The number of rotatable bonds is 4. The first-order valence-corrected chi connectivity index (χ1v) is 18.9. The van der Waals surface area contributed by atoms with Crippen molar-refractivity contribution in [1.29, 1.82) is 0 Å². The van der Waals surface area contributed by atoms with E-state index in [9.17, 15) is 0 Å². The van der Waals surface area contributed by atoms with Crippen molar-refractivity contribution in [2.45, 2.75) is 24.7 Å². The summed E-state index contributed by atoms with van der Waals surface area (Å²) in [4.78, 5) is 19.6. The van der Waals surface area contributed by atoms with Gasteiger partial charge in [0, 0.05) is 34.3 Å². The molecule has 5 aromatic carbocycles. The van der Waals surface area contributed by atoms with Crippen LogP contribution in [0, 0.1) is 11.6 Å². The fraction of sp³-hybridized carbons (Fsp3) is 0.0800. The molecule has 11 rings (SSSR count). The number of hydrogen-bond donors (Lipinski definition) is 0. The molecule has 2 aliphatic rings. The van der Waals surface area contributed by atoms with Gasteiger partial charge < -0.3 is 0 Å². The molecule has 0 saturated heterocycles. The molecule has 4 nitrogen and oxygen atoms in total. The molecule has 1 atom stereocenters. The van der Waals surface area contributed by atoms with Crippen molar-refractivity contribution in [3.63, 3.8) is 0 Å². The predicted octanol–water partition coefficient (Wildman–Crippen LogP) is 11.9. The summed E-state index contributed by atoms with van der Waals surface area (Å²) in [5.41, 5.74) is 13.6. The Balaban J connectivity index is 1.06. The zero-order valence-electron chi connectivity index (χ0n) is 30.3. The second-order valence-electron chi connectivity index (χ2n) is 14.9. The van der Waals surface area contributed by atoms with Crippen molar-refractivity contribution in [2.24, 2.45) is 0 Å². The summed E-state index contributed by atoms with van der Waals surface area (Å²) in [6, 6.07) is 46.9. The summed E-state index contributed by atoms with van der Waals surface area (Å²) in [7, 11) is 0. The zero-order valence-corrected chi connectivity index (χ0v) is 30.3. The summed E-state index contributed by atoms with van der Waals surface area (Å²) >= 11 is 0. The molecular weight excluding hydrogens is 695 g/mol. The number of benzene rings is 5. The molecule has 56 heavy (non-hydrogen) atoms. The molecular formula is C50H32F2N4. The van der Waals surface area contributed by atoms with Crippen molar-refractivity contribution < 1.29 is 8.78 Å². The average molecular weight is 727 g/mol. The van der Waals surface area contributed by atoms with Gasteiger partial charge >= 0.3 is 0 Å². The standard InChI is InChI=1S/C50H32F2N4/c1-29-26-34-13-23-45(56-48(34)49-39(29)5-3-25-54-49)31-10-16-36(17-11-31)50(42-27-37(51)18-20-40(42)41-21-19-38(52)28-43(41)50)35-14-8-30(9-15-35)44-22-12-33-7-6-32-4-2-24-53-46(32)47(33)55-44/h2-25,27-29H,26H2,1H3. The monoisotopic (exact) mass is 726 g/mol. The fourth-order valence-electron chi connectivity index (χ4n) is 9.20. The van der Waals surface area contributed by atoms with E-state index in [4.69, 9.17) is 15.0 Å². The molecule has 0 aliphatic heterocycles. The van der Waals surface area contributed by atoms with Crippen LogP contribution >= 0.6 is 0 Å². The minimum Gasteiger partial charge on any atom is -0.254 e. The Morgan fingerprint density at radius 3 is 1.79 bits per heavy atom. The molecule has 0 radical (unpaired) electrons. The highest BCUT2D eigenvalue weighted by molar-refractivity contribution is 6.03. The van der Waals surface area contributed by atoms with Crippen LogP contribution in [0.25, 0.3) is 66.8 Å². The van der Waals surface area contributed by atoms with Crippen LogP contribution in [0.2, 0.25) is 0 Å². The summed E-state index contributed by atoms with van der Waals surface area (Å²) in [6.07, 6.45) is 4.54. The third-order valence-electron chi connectivity index (χ3n) is 11.8. The fourth-order valence-corrected chi connectivity index (χ4v) is 9.20. The maximum absolute atomic E-state index is 15.4. The van der Waals surface area contributed by atoms with Gasteiger partial charge in [-0.3, -0.25) is 9.97 Å². The number of nitrogens with zero attached hydrogens (tertiary/aromatic N) is 4. The molecule has 6 heteroatoms. The molecule has 4 aromatic heterocycles. The van der Waals surface area contributed by atoms with Crippen molar-refractivity contribution >= 4 is 21.8 Å². The molecule has 4 heterocycles. The Kier molecular flexibility index (Phi) is 7.14. The highest BCUT2D eigenvalue weighted by Gasteiger charge is 2.46. The van der Waals surface area contributed by atoms with Gasteiger partial charge in [-0.15, -0.1) is 0 Å². The number of hydrogen-bond acceptors (Lipinski definition) is 4. The largest absolute Gasteiger partial charge is 0.254 e. The minimum absolute atomic E-state index is 0.350. The Hall–Kier alpha value is -6.92. The predicted molar refractivity (Wildman–Crippen MR) is 218 cm³/mol. The van der Waals surface area contributed by atoms with E-state index < -0.39 is 5.41 Å². The van der Waals surface area contributed by atoms with Gasteiger partial charge in [0.05, 0.1) is 39.2 Å². The van der Waals surface area contributed by atoms with Gasteiger partial charge in [-0.25, -0.2) is 18.7 Å². The number of fused-ring (bicyclic) bond motifs is 9. The van der Waals surface area contributed by atoms with Crippen LogP contribution in [0.4, 0.5) is 8.78 Å². The molecule has 0 N–H and O–H groups in total. The van der Waals surface area contributed by atoms with Crippen LogP contribution in [0.1, 0.15) is 46.2 Å². The topological polar surface area (TPSA) is 51.6 Å². The highest BCUT2D eigenvalue weighted by Crippen LogP contribution is 2.56. The van der Waals surface area contributed by atoms with Crippen molar-refractivity contribution in [3.05, 3.63) is 203 Å². The first-order valence-electron chi connectivity index (χ1n) is 18.9. The average Bonchev–Trinajstić information content (AvgIpc) is 3.52. The molecule has 0 saturated carbocycles. The molecule has 2 aliphatic carbocycles. The minimum atomic E-state index is -1.01. The first kappa shape index (κ1) is 32.5. The molecule has 9 aromatic rings. The van der Waals surface area contributed by atoms with Crippen molar-refractivity contribution in [1.82, 2.24) is 19.9 Å². The smallest absolute Gasteiger partial charge is 0.123 e. The summed E-state index contributed by atoms with van der Waals surface area (Å²) in [5, 5.41) is 2.05. The van der Waals surface area contributed by atoms with E-state index in [0.717, 1.165) is 95.5 Å². The van der Waals surface area contributed by atoms with Crippen molar-refractivity contribution in [3.8, 4) is 45.0 Å². The van der Waals surface area contributed by atoms with Gasteiger partial charge in [0.1, 0.15) is 11.6 Å². The molecule has 266 valence electrons. The van der Waals surface area contributed by atoms with Crippen molar-refractivity contribution in [2.75, 3.05) is 0 Å². The van der Waals surface area contributed by atoms with Gasteiger partial charge in [-0.05, 0) is 105 Å². The quantitative estimate of drug-likeness (QED) is 0.169. The Labute approximate surface area is 322 Å². The molecule has 0 amide bonds. The van der Waals surface area contributed by atoms with Gasteiger partial charge in [0.25, 0.3) is 0 Å². The molecule has 0 bridgehead atoms. The lowest BCUT2D eigenvalue weighted by Crippen LogP contribution is -2.28. The third kappa shape index (κ3) is 4.82. The highest BCUT2D eigenvalue weighted by atomic mass is 19.1. The van der Waals surface area contributed by atoms with E-state index in [1.807, 2.05) is 42.6 Å². The van der Waals surface area contributed by atoms with Gasteiger partial charge in [-0.2, -0.15) is 0 Å². The van der Waals surface area contributed by atoms with Gasteiger partial charge in [-0.1, -0.05) is 104 Å². The molecule has 0 fully saturated rings.